The Morgan fingerprint density at radius 1 is 1.14 bits per heavy atom. The molecule has 5 N–H and O–H groups in total. The Morgan fingerprint density at radius 3 is 1.79 bits per heavy atom. The summed E-state index contributed by atoms with van der Waals surface area (Å²) < 4.78 is 29.6. The number of aryl methyl sites for hydroxylation is 1. The molecule has 0 heterocycles. The molecule has 0 aliphatic heterocycles. The van der Waals surface area contributed by atoms with Crippen molar-refractivity contribution in [2.24, 2.45) is 0 Å². The number of benzene rings is 1. The van der Waals surface area contributed by atoms with Gasteiger partial charge in [0.15, 0.2) is 0 Å². The van der Waals surface area contributed by atoms with Crippen LogP contribution in [0.4, 0.5) is 0 Å². The van der Waals surface area contributed by atoms with Crippen LogP contribution in [0.5, 0.6) is 0 Å². The fourth-order valence-electron chi connectivity index (χ4n) is 0.710. The first-order valence-corrected chi connectivity index (χ1v) is 4.48. The molecule has 1 aromatic carbocycles. The number of hydrogen-bond donors (Lipinski definition) is 1. The summed E-state index contributed by atoms with van der Waals surface area (Å²) in [5.41, 5.74) is 0.956. The van der Waals surface area contributed by atoms with Crippen LogP contribution in [0.1, 0.15) is 6.99 Å². The van der Waals surface area contributed by atoms with E-state index in [9.17, 15) is 8.42 Å². The number of hydrogen-bond acceptors (Lipinski definition) is 2. The summed E-state index contributed by atoms with van der Waals surface area (Å²) in [5, 5.41) is 0. The van der Waals surface area contributed by atoms with Crippen LogP contribution >= 0.6 is 0 Å². The Hall–Kier alpha value is 0.0500. The van der Waals surface area contributed by atoms with E-state index >= 15 is 0 Å². The van der Waals surface area contributed by atoms with E-state index in [1.54, 1.807) is 12.1 Å². The standard InChI is InChI=1S/C7H8O3S.Na.2H2O.H/c1-6-2-4-7(5-3-6)11(8,9)10;;;;/h2-5H,1H3,(H,8,9,10);;2*1H2;/q;+1;;;-1. The molecule has 0 fully saturated rings. The fraction of sp³-hybridized carbons (Fsp3) is 0.143. The summed E-state index contributed by atoms with van der Waals surface area (Å²) in [6.45, 7) is 1.84. The summed E-state index contributed by atoms with van der Waals surface area (Å²) in [4.78, 5) is -0.0666. The molecule has 1 aromatic rings. The van der Waals surface area contributed by atoms with Gasteiger partial charge in [0.1, 0.15) is 0 Å². The zero-order valence-corrected chi connectivity index (χ0v) is 10.8. The van der Waals surface area contributed by atoms with E-state index in [2.05, 4.69) is 0 Å². The monoisotopic (exact) mass is 232 g/mol. The molecule has 0 radical (unpaired) electrons. The second-order valence-electron chi connectivity index (χ2n) is 2.29. The van der Waals surface area contributed by atoms with Crippen molar-refractivity contribution in [2.75, 3.05) is 0 Å². The molecule has 0 aliphatic carbocycles. The SMILES string of the molecule is Cc1ccc(S(=O)(=O)O)cc1.O.O.[H-].[Na+]. The molecule has 0 spiro atoms. The minimum Gasteiger partial charge on any atom is -1.00 e. The molecule has 0 saturated heterocycles. The molecule has 0 amide bonds. The van der Waals surface area contributed by atoms with E-state index in [0.29, 0.717) is 0 Å². The minimum atomic E-state index is -4.02. The van der Waals surface area contributed by atoms with Gasteiger partial charge in [-0.1, -0.05) is 17.7 Å². The van der Waals surface area contributed by atoms with Gasteiger partial charge >= 0.3 is 29.6 Å². The van der Waals surface area contributed by atoms with E-state index < -0.39 is 10.1 Å². The van der Waals surface area contributed by atoms with Gasteiger partial charge in [0.05, 0.1) is 4.90 Å². The molecular formula is C7H13NaO5S. The molecule has 1 rings (SSSR count). The van der Waals surface area contributed by atoms with Crippen LogP contribution in [0.15, 0.2) is 29.2 Å². The van der Waals surface area contributed by atoms with Gasteiger partial charge in [-0.05, 0) is 19.1 Å². The molecular weight excluding hydrogens is 219 g/mol. The molecule has 5 nitrogen and oxygen atoms in total. The van der Waals surface area contributed by atoms with Gasteiger partial charge in [0.2, 0.25) is 0 Å². The summed E-state index contributed by atoms with van der Waals surface area (Å²) in [7, 11) is -4.02. The second-order valence-corrected chi connectivity index (χ2v) is 3.71. The molecule has 14 heavy (non-hydrogen) atoms. The van der Waals surface area contributed by atoms with Gasteiger partial charge in [0, 0.05) is 0 Å². The first-order chi connectivity index (χ1) is 5.00. The number of rotatable bonds is 1. The van der Waals surface area contributed by atoms with Crippen LogP contribution in [-0.2, 0) is 10.1 Å². The molecule has 0 saturated carbocycles. The van der Waals surface area contributed by atoms with E-state index in [-0.39, 0.29) is 46.8 Å². The maximum atomic E-state index is 10.5. The van der Waals surface area contributed by atoms with E-state index in [1.807, 2.05) is 6.92 Å². The average molecular weight is 232 g/mol. The largest absolute Gasteiger partial charge is 1.00 e. The van der Waals surface area contributed by atoms with Gasteiger partial charge in [-0.15, -0.1) is 0 Å². The van der Waals surface area contributed by atoms with Crippen molar-refractivity contribution in [3.8, 4) is 0 Å². The van der Waals surface area contributed by atoms with E-state index in [1.165, 1.54) is 12.1 Å². The van der Waals surface area contributed by atoms with Gasteiger partial charge < -0.3 is 12.4 Å². The molecule has 7 heteroatoms. The smallest absolute Gasteiger partial charge is 1.00 e. The first kappa shape index (κ1) is 19.6. The Balaban J connectivity index is -0.000000151. The third kappa shape index (κ3) is 5.71. The molecule has 0 aromatic heterocycles. The molecule has 0 aliphatic rings. The van der Waals surface area contributed by atoms with E-state index in [0.717, 1.165) is 5.56 Å². The van der Waals surface area contributed by atoms with E-state index in [4.69, 9.17) is 4.55 Å². The quantitative estimate of drug-likeness (QED) is 0.404. The molecule has 0 unspecified atom stereocenters. The normalized spacial score (nSPS) is 9.00. The van der Waals surface area contributed by atoms with Crippen molar-refractivity contribution in [2.45, 2.75) is 11.8 Å². The average Bonchev–Trinajstić information content (AvgIpc) is 1.86. The van der Waals surface area contributed by atoms with Crippen molar-refractivity contribution in [1.29, 1.82) is 0 Å². The predicted octanol–water partition coefficient (Wildman–Crippen LogP) is -3.29. The maximum Gasteiger partial charge on any atom is 1.00 e. The van der Waals surface area contributed by atoms with Gasteiger partial charge in [0.25, 0.3) is 10.1 Å². The van der Waals surface area contributed by atoms with Crippen LogP contribution in [0, 0.1) is 6.92 Å². The van der Waals surface area contributed by atoms with Gasteiger partial charge in [-0.2, -0.15) is 8.42 Å². The topological polar surface area (TPSA) is 117 Å². The van der Waals surface area contributed by atoms with Crippen LogP contribution in [0.2, 0.25) is 0 Å². The first-order valence-electron chi connectivity index (χ1n) is 3.04. The third-order valence-electron chi connectivity index (χ3n) is 1.32. The molecule has 78 valence electrons. The zero-order valence-electron chi connectivity index (χ0n) is 8.98. The van der Waals surface area contributed by atoms with Crippen molar-refractivity contribution in [1.82, 2.24) is 0 Å². The Morgan fingerprint density at radius 2 is 1.50 bits per heavy atom. The van der Waals surface area contributed by atoms with Crippen molar-refractivity contribution in [3.05, 3.63) is 29.8 Å². The Bertz CT molecular complexity index is 350. The van der Waals surface area contributed by atoms with Crippen LogP contribution in [-0.4, -0.2) is 23.9 Å². The van der Waals surface area contributed by atoms with Gasteiger partial charge in [-0.25, -0.2) is 0 Å². The summed E-state index contributed by atoms with van der Waals surface area (Å²) >= 11 is 0. The van der Waals surface area contributed by atoms with Crippen molar-refractivity contribution < 1.29 is 54.9 Å². The Labute approximate surface area is 106 Å². The maximum absolute atomic E-state index is 10.5. The minimum absolute atomic E-state index is 0. The van der Waals surface area contributed by atoms with Crippen molar-refractivity contribution >= 4 is 10.1 Å². The molecule has 0 bridgehead atoms. The van der Waals surface area contributed by atoms with Crippen molar-refractivity contribution in [3.63, 3.8) is 0 Å². The fourth-order valence-corrected chi connectivity index (χ4v) is 1.19. The third-order valence-corrected chi connectivity index (χ3v) is 2.19. The summed E-state index contributed by atoms with van der Waals surface area (Å²) in [6, 6.07) is 5.99. The van der Waals surface area contributed by atoms with Gasteiger partial charge in [-0.3, -0.25) is 4.55 Å². The molecule has 0 atom stereocenters. The predicted molar refractivity (Wildman–Crippen MR) is 49.3 cm³/mol. The van der Waals surface area contributed by atoms with Crippen LogP contribution < -0.4 is 29.6 Å². The Kier molecular flexibility index (Phi) is 10.3. The summed E-state index contributed by atoms with van der Waals surface area (Å²) in [5.74, 6) is 0. The van der Waals surface area contributed by atoms with Crippen LogP contribution in [0.25, 0.3) is 0 Å². The second kappa shape index (κ2) is 7.36. The summed E-state index contributed by atoms with van der Waals surface area (Å²) in [6.07, 6.45) is 0. The zero-order chi connectivity index (χ0) is 8.48. The van der Waals surface area contributed by atoms with Crippen LogP contribution in [0.3, 0.4) is 0 Å².